The second-order valence-electron chi connectivity index (χ2n) is 6.28. The molecule has 7 heteroatoms. The first-order chi connectivity index (χ1) is 11.7. The molecule has 1 aromatic carbocycles. The Morgan fingerprint density at radius 2 is 1.60 bits per heavy atom. The third-order valence-corrected chi connectivity index (χ3v) is 2.73. The van der Waals surface area contributed by atoms with E-state index in [9.17, 15) is 14.4 Å². The normalized spacial score (nSPS) is 11.0. The molecule has 0 fully saturated rings. The van der Waals surface area contributed by atoms with Crippen molar-refractivity contribution in [1.29, 1.82) is 0 Å². The van der Waals surface area contributed by atoms with Gasteiger partial charge >= 0.3 is 6.09 Å². The predicted octanol–water partition coefficient (Wildman–Crippen LogP) is 3.05. The van der Waals surface area contributed by atoms with Gasteiger partial charge < -0.3 is 20.7 Å². The number of benzene rings is 1. The first-order valence-electron chi connectivity index (χ1n) is 8.04. The van der Waals surface area contributed by atoms with Crippen LogP contribution in [0.2, 0.25) is 0 Å². The number of anilines is 2. The lowest BCUT2D eigenvalue weighted by molar-refractivity contribution is -0.115. The predicted molar refractivity (Wildman–Crippen MR) is 97.4 cm³/mol. The maximum atomic E-state index is 11.8. The van der Waals surface area contributed by atoms with Crippen molar-refractivity contribution in [2.75, 3.05) is 17.2 Å². The van der Waals surface area contributed by atoms with Crippen molar-refractivity contribution in [2.24, 2.45) is 0 Å². The number of allylic oxidation sites excluding steroid dienone is 1. The molecular weight excluding hydrogens is 322 g/mol. The minimum atomic E-state index is -0.652. The van der Waals surface area contributed by atoms with Crippen LogP contribution in [0.4, 0.5) is 16.2 Å². The Kier molecular flexibility index (Phi) is 7.65. The monoisotopic (exact) mass is 347 g/mol. The van der Waals surface area contributed by atoms with Gasteiger partial charge in [0.05, 0.1) is 0 Å². The molecule has 136 valence electrons. The lowest BCUT2D eigenvalue weighted by Crippen LogP contribution is -2.37. The summed E-state index contributed by atoms with van der Waals surface area (Å²) in [6.45, 7) is 6.97. The zero-order valence-electron chi connectivity index (χ0n) is 15.0. The number of hydrogen-bond donors (Lipinski definition) is 3. The summed E-state index contributed by atoms with van der Waals surface area (Å²) in [6.07, 6.45) is 3.37. The van der Waals surface area contributed by atoms with Crippen LogP contribution in [0.5, 0.6) is 0 Å². The van der Waals surface area contributed by atoms with E-state index in [0.29, 0.717) is 11.4 Å². The van der Waals surface area contributed by atoms with Crippen molar-refractivity contribution < 1.29 is 19.1 Å². The largest absolute Gasteiger partial charge is 0.444 e. The molecule has 0 aliphatic rings. The molecule has 0 bridgehead atoms. The van der Waals surface area contributed by atoms with E-state index in [1.54, 1.807) is 51.1 Å². The number of carbonyl (C=O) groups is 3. The van der Waals surface area contributed by atoms with E-state index < -0.39 is 11.7 Å². The molecule has 25 heavy (non-hydrogen) atoms. The fourth-order valence-electron chi connectivity index (χ4n) is 1.72. The standard InChI is InChI=1S/C18H25N3O4/c1-5-6-7-15(22)20-13-8-10-14(11-9-13)21-16(23)12-19-17(24)25-18(2,3)4/h6-11H,5,12H2,1-4H3,(H,19,24)(H,20,22)(H,21,23)/b7-6+. The van der Waals surface area contributed by atoms with Gasteiger partial charge in [-0.3, -0.25) is 9.59 Å². The summed E-state index contributed by atoms with van der Waals surface area (Å²) >= 11 is 0. The van der Waals surface area contributed by atoms with Gasteiger partial charge in [0.25, 0.3) is 0 Å². The highest BCUT2D eigenvalue weighted by Gasteiger charge is 2.16. The molecule has 0 spiro atoms. The Morgan fingerprint density at radius 1 is 1.04 bits per heavy atom. The molecule has 1 aromatic rings. The molecule has 0 atom stereocenters. The van der Waals surface area contributed by atoms with Crippen LogP contribution in [0.25, 0.3) is 0 Å². The summed E-state index contributed by atoms with van der Waals surface area (Å²) in [7, 11) is 0. The zero-order chi connectivity index (χ0) is 18.9. The van der Waals surface area contributed by atoms with Crippen molar-refractivity contribution in [1.82, 2.24) is 5.32 Å². The van der Waals surface area contributed by atoms with Gasteiger partial charge in [-0.25, -0.2) is 4.79 Å². The van der Waals surface area contributed by atoms with Crippen LogP contribution < -0.4 is 16.0 Å². The summed E-state index contributed by atoms with van der Waals surface area (Å²) in [5.74, 6) is -0.589. The molecule has 7 nitrogen and oxygen atoms in total. The van der Waals surface area contributed by atoms with Crippen molar-refractivity contribution in [2.45, 2.75) is 39.7 Å². The van der Waals surface area contributed by atoms with E-state index in [1.165, 1.54) is 6.08 Å². The second kappa shape index (κ2) is 9.46. The van der Waals surface area contributed by atoms with E-state index >= 15 is 0 Å². The average molecular weight is 347 g/mol. The Balaban J connectivity index is 2.44. The van der Waals surface area contributed by atoms with Crippen molar-refractivity contribution in [3.63, 3.8) is 0 Å². The fourth-order valence-corrected chi connectivity index (χ4v) is 1.72. The van der Waals surface area contributed by atoms with E-state index in [0.717, 1.165) is 6.42 Å². The minimum Gasteiger partial charge on any atom is -0.444 e. The molecule has 0 heterocycles. The highest BCUT2D eigenvalue weighted by molar-refractivity contribution is 5.99. The minimum absolute atomic E-state index is 0.199. The third-order valence-electron chi connectivity index (χ3n) is 2.73. The number of carbonyl (C=O) groups excluding carboxylic acids is 3. The Labute approximate surface area is 147 Å². The maximum absolute atomic E-state index is 11.8. The molecule has 0 aliphatic carbocycles. The SMILES string of the molecule is CC/C=C/C(=O)Nc1ccc(NC(=O)CNC(=O)OC(C)(C)C)cc1. The smallest absolute Gasteiger partial charge is 0.408 e. The van der Waals surface area contributed by atoms with Crippen molar-refractivity contribution in [3.8, 4) is 0 Å². The number of nitrogens with one attached hydrogen (secondary N) is 3. The molecule has 0 aliphatic heterocycles. The van der Waals surface area contributed by atoms with Gasteiger partial charge in [0.2, 0.25) is 11.8 Å². The van der Waals surface area contributed by atoms with E-state index in [-0.39, 0.29) is 18.4 Å². The summed E-state index contributed by atoms with van der Waals surface area (Å²) in [6, 6.07) is 6.66. The highest BCUT2D eigenvalue weighted by Crippen LogP contribution is 2.13. The first kappa shape index (κ1) is 20.2. The van der Waals surface area contributed by atoms with Gasteiger partial charge in [-0.05, 0) is 57.5 Å². The number of ether oxygens (including phenoxy) is 1. The molecule has 0 aromatic heterocycles. The number of rotatable bonds is 6. The van der Waals surface area contributed by atoms with Crippen LogP contribution in [0, 0.1) is 0 Å². The number of alkyl carbamates (subject to hydrolysis) is 1. The van der Waals surface area contributed by atoms with E-state index in [1.807, 2.05) is 6.92 Å². The molecule has 0 saturated carbocycles. The Bertz CT molecular complexity index is 631. The number of hydrogen-bond acceptors (Lipinski definition) is 4. The Morgan fingerprint density at radius 3 is 2.12 bits per heavy atom. The average Bonchev–Trinajstić information content (AvgIpc) is 2.51. The summed E-state index contributed by atoms with van der Waals surface area (Å²) < 4.78 is 5.04. The molecule has 3 N–H and O–H groups in total. The Hall–Kier alpha value is -2.83. The topological polar surface area (TPSA) is 96.5 Å². The fraction of sp³-hybridized carbons (Fsp3) is 0.389. The second-order valence-corrected chi connectivity index (χ2v) is 6.28. The highest BCUT2D eigenvalue weighted by atomic mass is 16.6. The van der Waals surface area contributed by atoms with E-state index in [2.05, 4.69) is 16.0 Å². The van der Waals surface area contributed by atoms with Gasteiger partial charge in [-0.15, -0.1) is 0 Å². The molecular formula is C18H25N3O4. The molecule has 0 radical (unpaired) electrons. The lowest BCUT2D eigenvalue weighted by atomic mass is 10.2. The van der Waals surface area contributed by atoms with Crippen molar-refractivity contribution >= 4 is 29.3 Å². The molecule has 0 unspecified atom stereocenters. The molecule has 1 rings (SSSR count). The van der Waals surface area contributed by atoms with E-state index in [4.69, 9.17) is 4.74 Å². The van der Waals surface area contributed by atoms with Gasteiger partial charge in [0.1, 0.15) is 12.1 Å². The van der Waals surface area contributed by atoms with Crippen LogP contribution in [-0.4, -0.2) is 30.1 Å². The molecule has 3 amide bonds. The maximum Gasteiger partial charge on any atom is 0.408 e. The molecule has 0 saturated heterocycles. The van der Waals surface area contributed by atoms with Crippen LogP contribution in [-0.2, 0) is 14.3 Å². The van der Waals surface area contributed by atoms with Crippen LogP contribution >= 0.6 is 0 Å². The zero-order valence-corrected chi connectivity index (χ0v) is 15.0. The van der Waals surface area contributed by atoms with Crippen LogP contribution in [0.15, 0.2) is 36.4 Å². The summed E-state index contributed by atoms with van der Waals surface area (Å²) in [5.41, 5.74) is 0.557. The summed E-state index contributed by atoms with van der Waals surface area (Å²) in [4.78, 5) is 34.8. The van der Waals surface area contributed by atoms with Gasteiger partial charge in [-0.2, -0.15) is 0 Å². The number of amides is 3. The van der Waals surface area contributed by atoms with Crippen molar-refractivity contribution in [3.05, 3.63) is 36.4 Å². The van der Waals surface area contributed by atoms with Gasteiger partial charge in [-0.1, -0.05) is 13.0 Å². The summed E-state index contributed by atoms with van der Waals surface area (Å²) in [5, 5.41) is 7.72. The van der Waals surface area contributed by atoms with Crippen LogP contribution in [0.1, 0.15) is 34.1 Å². The quantitative estimate of drug-likeness (QED) is 0.689. The van der Waals surface area contributed by atoms with Gasteiger partial charge in [0, 0.05) is 11.4 Å². The third kappa shape index (κ3) is 9.14. The lowest BCUT2D eigenvalue weighted by Gasteiger charge is -2.19. The van der Waals surface area contributed by atoms with Gasteiger partial charge in [0.15, 0.2) is 0 Å². The van der Waals surface area contributed by atoms with Crippen LogP contribution in [0.3, 0.4) is 0 Å². The first-order valence-corrected chi connectivity index (χ1v) is 8.04.